The summed E-state index contributed by atoms with van der Waals surface area (Å²) in [7, 11) is -2.00. The van der Waals surface area contributed by atoms with E-state index in [0.717, 1.165) is 19.3 Å². The maximum atomic E-state index is 12.7. The number of ether oxygens (including phenoxy) is 1. The lowest BCUT2D eigenvalue weighted by atomic mass is 10.0. The summed E-state index contributed by atoms with van der Waals surface area (Å²) in [6, 6.07) is 6.25. The molecule has 1 fully saturated rings. The van der Waals surface area contributed by atoms with E-state index in [2.05, 4.69) is 0 Å². The highest BCUT2D eigenvalue weighted by atomic mass is 32.2. The Labute approximate surface area is 143 Å². The lowest BCUT2D eigenvalue weighted by Crippen LogP contribution is -2.50. The number of likely N-dealkylation sites (tertiary alicyclic amines) is 1. The summed E-state index contributed by atoms with van der Waals surface area (Å²) in [4.78, 5) is 14.6. The van der Waals surface area contributed by atoms with E-state index in [1.807, 2.05) is 0 Å². The van der Waals surface area contributed by atoms with E-state index in [1.165, 1.54) is 19.2 Å². The maximum Gasteiger partial charge on any atom is 0.226 e. The topological polar surface area (TPSA) is 89.7 Å². The Balaban J connectivity index is 2.08. The van der Waals surface area contributed by atoms with Gasteiger partial charge in [-0.05, 0) is 43.5 Å². The Morgan fingerprint density at radius 2 is 2.00 bits per heavy atom. The molecule has 2 unspecified atom stereocenters. The van der Waals surface area contributed by atoms with Gasteiger partial charge in [0.05, 0.1) is 17.8 Å². The molecule has 1 aromatic carbocycles. The van der Waals surface area contributed by atoms with Crippen LogP contribution in [0.15, 0.2) is 29.2 Å². The van der Waals surface area contributed by atoms with Crippen molar-refractivity contribution < 1.29 is 17.9 Å². The average molecular weight is 354 g/mol. The fourth-order valence-electron chi connectivity index (χ4n) is 3.10. The van der Waals surface area contributed by atoms with Crippen LogP contribution in [0.2, 0.25) is 0 Å². The first kappa shape index (κ1) is 18.7. The van der Waals surface area contributed by atoms with Crippen molar-refractivity contribution in [1.29, 1.82) is 0 Å². The number of carbonyl (C=O) groups excluding carboxylic acids is 1. The maximum absolute atomic E-state index is 12.7. The second kappa shape index (κ2) is 7.98. The van der Waals surface area contributed by atoms with Crippen molar-refractivity contribution in [3.63, 3.8) is 0 Å². The fraction of sp³-hybridized carbons (Fsp3) is 0.588. The molecule has 1 amide bonds. The fourth-order valence-corrected chi connectivity index (χ4v) is 4.64. The van der Waals surface area contributed by atoms with Crippen LogP contribution in [0, 0.1) is 5.92 Å². The monoisotopic (exact) mass is 354 g/mol. The first-order valence-corrected chi connectivity index (χ1v) is 9.91. The summed E-state index contributed by atoms with van der Waals surface area (Å²) in [6.07, 6.45) is 2.89. The molecular formula is C17H26N2O4S. The number of sulfone groups is 1. The molecule has 0 saturated carbocycles. The lowest BCUT2D eigenvalue weighted by molar-refractivity contribution is -0.137. The van der Waals surface area contributed by atoms with Crippen molar-refractivity contribution in [2.75, 3.05) is 26.0 Å². The van der Waals surface area contributed by atoms with Crippen molar-refractivity contribution in [2.24, 2.45) is 11.7 Å². The van der Waals surface area contributed by atoms with Crippen LogP contribution in [0.5, 0.6) is 5.75 Å². The number of amides is 1. The molecule has 134 valence electrons. The Bertz CT molecular complexity index is 658. The highest BCUT2D eigenvalue weighted by Gasteiger charge is 2.31. The summed E-state index contributed by atoms with van der Waals surface area (Å²) in [6.45, 7) is 2.75. The molecule has 1 aromatic rings. The van der Waals surface area contributed by atoms with Crippen LogP contribution in [0.1, 0.15) is 26.2 Å². The van der Waals surface area contributed by atoms with E-state index in [1.54, 1.807) is 24.0 Å². The van der Waals surface area contributed by atoms with Crippen LogP contribution in [0.25, 0.3) is 0 Å². The van der Waals surface area contributed by atoms with Crippen molar-refractivity contribution in [3.05, 3.63) is 24.3 Å². The minimum atomic E-state index is -3.53. The molecule has 1 heterocycles. The van der Waals surface area contributed by atoms with Gasteiger partial charge >= 0.3 is 0 Å². The van der Waals surface area contributed by atoms with Crippen molar-refractivity contribution in [2.45, 2.75) is 37.1 Å². The number of nitrogens with zero attached hydrogens (tertiary/aromatic N) is 1. The SMILES string of the molecule is COc1ccc(S(=O)(=O)CC(C)C(=O)N2CCCCC2CN)cc1. The highest BCUT2D eigenvalue weighted by Crippen LogP contribution is 2.22. The van der Waals surface area contributed by atoms with Gasteiger partial charge in [-0.25, -0.2) is 8.42 Å². The third-order valence-corrected chi connectivity index (χ3v) is 6.42. The summed E-state index contributed by atoms with van der Waals surface area (Å²) >= 11 is 0. The number of hydrogen-bond donors (Lipinski definition) is 1. The second-order valence-electron chi connectivity index (χ2n) is 6.27. The zero-order chi connectivity index (χ0) is 17.7. The highest BCUT2D eigenvalue weighted by molar-refractivity contribution is 7.91. The predicted octanol–water partition coefficient (Wildman–Crippen LogP) is 1.44. The lowest BCUT2D eigenvalue weighted by Gasteiger charge is -2.36. The van der Waals surface area contributed by atoms with Gasteiger partial charge in [0.25, 0.3) is 0 Å². The van der Waals surface area contributed by atoms with Gasteiger partial charge in [0, 0.05) is 25.0 Å². The first-order chi connectivity index (χ1) is 11.4. The molecule has 0 radical (unpaired) electrons. The number of carbonyl (C=O) groups is 1. The minimum absolute atomic E-state index is 0.0254. The molecule has 0 aromatic heterocycles. The number of benzene rings is 1. The molecule has 1 aliphatic heterocycles. The Morgan fingerprint density at radius 3 is 2.58 bits per heavy atom. The average Bonchev–Trinajstić information content (AvgIpc) is 2.60. The first-order valence-electron chi connectivity index (χ1n) is 8.26. The smallest absolute Gasteiger partial charge is 0.226 e. The van der Waals surface area contributed by atoms with Crippen molar-refractivity contribution in [3.8, 4) is 5.75 Å². The standard InChI is InChI=1S/C17H26N2O4S/c1-13(17(20)19-10-4-3-5-14(19)11-18)12-24(21,22)16-8-6-15(23-2)7-9-16/h6-9,13-14H,3-5,10-12,18H2,1-2H3. The Kier molecular flexibility index (Phi) is 6.23. The van der Waals surface area contributed by atoms with Crippen molar-refractivity contribution >= 4 is 15.7 Å². The molecule has 2 N–H and O–H groups in total. The Morgan fingerprint density at radius 1 is 1.33 bits per heavy atom. The number of nitrogens with two attached hydrogens (primary N) is 1. The van der Waals surface area contributed by atoms with Crippen LogP contribution in [0.3, 0.4) is 0 Å². The van der Waals surface area contributed by atoms with Gasteiger partial charge in [-0.15, -0.1) is 0 Å². The molecule has 2 rings (SSSR count). The van der Waals surface area contributed by atoms with Crippen LogP contribution >= 0.6 is 0 Å². The van der Waals surface area contributed by atoms with Gasteiger partial charge in [0.2, 0.25) is 5.91 Å². The summed E-state index contributed by atoms with van der Waals surface area (Å²) in [5.41, 5.74) is 5.75. The number of piperidine rings is 1. The zero-order valence-electron chi connectivity index (χ0n) is 14.3. The molecule has 0 spiro atoms. The summed E-state index contributed by atoms with van der Waals surface area (Å²) in [5.74, 6) is -0.324. The number of methoxy groups -OCH3 is 1. The van der Waals surface area contributed by atoms with Gasteiger partial charge in [-0.2, -0.15) is 0 Å². The van der Waals surface area contributed by atoms with Gasteiger partial charge in [-0.1, -0.05) is 6.92 Å². The van der Waals surface area contributed by atoms with Crippen molar-refractivity contribution in [1.82, 2.24) is 4.90 Å². The molecule has 2 atom stereocenters. The molecule has 0 bridgehead atoms. The van der Waals surface area contributed by atoms with E-state index >= 15 is 0 Å². The predicted molar refractivity (Wildman–Crippen MR) is 92.6 cm³/mol. The third-order valence-electron chi connectivity index (χ3n) is 4.49. The summed E-state index contributed by atoms with van der Waals surface area (Å²) < 4.78 is 30.1. The minimum Gasteiger partial charge on any atom is -0.497 e. The molecule has 24 heavy (non-hydrogen) atoms. The third kappa shape index (κ3) is 4.27. The molecule has 6 nitrogen and oxygen atoms in total. The zero-order valence-corrected chi connectivity index (χ0v) is 15.1. The quantitative estimate of drug-likeness (QED) is 0.835. The number of rotatable bonds is 6. The van der Waals surface area contributed by atoms with E-state index < -0.39 is 15.8 Å². The Hall–Kier alpha value is -1.60. The van der Waals surface area contributed by atoms with E-state index in [9.17, 15) is 13.2 Å². The van der Waals surface area contributed by atoms with E-state index in [4.69, 9.17) is 10.5 Å². The summed E-state index contributed by atoms with van der Waals surface area (Å²) in [5, 5.41) is 0. The van der Waals surface area contributed by atoms with Gasteiger partial charge in [0.1, 0.15) is 5.75 Å². The largest absolute Gasteiger partial charge is 0.497 e. The van der Waals surface area contributed by atoms with E-state index in [-0.39, 0.29) is 22.6 Å². The molecule has 1 saturated heterocycles. The van der Waals surface area contributed by atoms with Crippen LogP contribution in [0.4, 0.5) is 0 Å². The van der Waals surface area contributed by atoms with Gasteiger partial charge < -0.3 is 15.4 Å². The molecular weight excluding hydrogens is 328 g/mol. The number of hydrogen-bond acceptors (Lipinski definition) is 5. The molecule has 0 aliphatic carbocycles. The van der Waals surface area contributed by atoms with Gasteiger partial charge in [0.15, 0.2) is 9.84 Å². The normalized spacial score (nSPS) is 19.8. The van der Waals surface area contributed by atoms with E-state index in [0.29, 0.717) is 18.8 Å². The second-order valence-corrected chi connectivity index (χ2v) is 8.31. The van der Waals surface area contributed by atoms with Crippen LogP contribution < -0.4 is 10.5 Å². The van der Waals surface area contributed by atoms with Crippen LogP contribution in [-0.4, -0.2) is 51.2 Å². The molecule has 7 heteroatoms. The van der Waals surface area contributed by atoms with Crippen LogP contribution in [-0.2, 0) is 14.6 Å². The molecule has 1 aliphatic rings. The van der Waals surface area contributed by atoms with Gasteiger partial charge in [-0.3, -0.25) is 4.79 Å².